The molecule has 0 saturated heterocycles. The highest BCUT2D eigenvalue weighted by atomic mass is 79.9. The van der Waals surface area contributed by atoms with Crippen LogP contribution in [0.15, 0.2) is 22.7 Å². The Balaban J connectivity index is 2.79. The van der Waals surface area contributed by atoms with Crippen molar-refractivity contribution in [3.8, 4) is 5.75 Å². The molecule has 0 atom stereocenters. The van der Waals surface area contributed by atoms with Crippen LogP contribution in [0.2, 0.25) is 0 Å². The summed E-state index contributed by atoms with van der Waals surface area (Å²) in [4.78, 5) is 3.55. The lowest BCUT2D eigenvalue weighted by molar-refractivity contribution is -0.140. The Morgan fingerprint density at radius 2 is 2.00 bits per heavy atom. The van der Waals surface area contributed by atoms with Crippen molar-refractivity contribution in [2.75, 3.05) is 7.11 Å². The topological polar surface area (TPSA) is 22.1 Å². The fraction of sp³-hybridized carbons (Fsp3) is 0.182. The summed E-state index contributed by atoms with van der Waals surface area (Å²) in [6.45, 7) is 0. The number of methoxy groups -OCH3 is 1. The van der Waals surface area contributed by atoms with E-state index in [0.717, 1.165) is 0 Å². The molecule has 0 bridgehead atoms. The number of pyridine rings is 1. The van der Waals surface area contributed by atoms with E-state index in [9.17, 15) is 13.2 Å². The minimum atomic E-state index is -4.58. The van der Waals surface area contributed by atoms with Crippen LogP contribution >= 0.6 is 15.9 Å². The second kappa shape index (κ2) is 4.46. The molecule has 2 radical (unpaired) electrons. The Morgan fingerprint density at radius 3 is 2.56 bits per heavy atom. The molecule has 0 amide bonds. The lowest BCUT2D eigenvalue weighted by Gasteiger charge is -2.13. The van der Waals surface area contributed by atoms with Crippen LogP contribution in [0.3, 0.4) is 0 Å². The highest BCUT2D eigenvalue weighted by Crippen LogP contribution is 2.32. The normalized spacial score (nSPS) is 11.8. The van der Waals surface area contributed by atoms with Crippen molar-refractivity contribution in [1.29, 1.82) is 0 Å². The van der Waals surface area contributed by atoms with Gasteiger partial charge >= 0.3 is 6.18 Å². The van der Waals surface area contributed by atoms with Crippen LogP contribution in [0.4, 0.5) is 13.2 Å². The lowest BCUT2D eigenvalue weighted by atomic mass is 9.92. The van der Waals surface area contributed by atoms with Crippen molar-refractivity contribution in [3.05, 3.63) is 28.4 Å². The van der Waals surface area contributed by atoms with Gasteiger partial charge in [-0.2, -0.15) is 13.2 Å². The smallest absolute Gasteiger partial charge is 0.432 e. The lowest BCUT2D eigenvalue weighted by Crippen LogP contribution is -2.23. The van der Waals surface area contributed by atoms with Crippen LogP contribution in [-0.4, -0.2) is 19.9 Å². The summed E-state index contributed by atoms with van der Waals surface area (Å²) in [5.41, 5.74) is -1.32. The van der Waals surface area contributed by atoms with Gasteiger partial charge in [0.05, 0.1) is 12.6 Å². The highest BCUT2D eigenvalue weighted by Gasteiger charge is 2.35. The summed E-state index contributed by atoms with van der Waals surface area (Å²) < 4.78 is 43.3. The van der Waals surface area contributed by atoms with Gasteiger partial charge in [-0.15, -0.1) is 0 Å². The Morgan fingerprint density at radius 1 is 1.33 bits per heavy atom. The number of benzene rings is 1. The summed E-state index contributed by atoms with van der Waals surface area (Å²) >= 11 is 3.07. The SMILES string of the molecule is [B]c1c(C(F)(F)F)nc2ccc(OC)cc2c1Br. The highest BCUT2D eigenvalue weighted by molar-refractivity contribution is 9.10. The van der Waals surface area contributed by atoms with Gasteiger partial charge in [-0.25, -0.2) is 4.98 Å². The Hall–Kier alpha value is -1.24. The quantitative estimate of drug-likeness (QED) is 0.755. The van der Waals surface area contributed by atoms with Gasteiger partial charge in [0.1, 0.15) is 19.3 Å². The summed E-state index contributed by atoms with van der Waals surface area (Å²) in [5.74, 6) is 0.518. The van der Waals surface area contributed by atoms with E-state index in [4.69, 9.17) is 12.6 Å². The van der Waals surface area contributed by atoms with Gasteiger partial charge in [0, 0.05) is 9.86 Å². The third-order valence-electron chi connectivity index (χ3n) is 2.43. The standard InChI is InChI=1S/C11H6BBrF3NO/c1-18-5-2-3-7-6(4-5)9(13)8(12)10(17-7)11(14,15)16/h2-4H,1H3. The third-order valence-corrected chi connectivity index (χ3v) is 3.29. The Kier molecular flexibility index (Phi) is 3.27. The van der Waals surface area contributed by atoms with Crippen molar-refractivity contribution < 1.29 is 17.9 Å². The molecule has 1 aromatic carbocycles. The molecule has 0 spiro atoms. The molecular weight excluding hydrogens is 310 g/mol. The number of nitrogens with zero attached hydrogens (tertiary/aromatic N) is 1. The summed E-state index contributed by atoms with van der Waals surface area (Å²) in [6, 6.07) is 4.56. The maximum Gasteiger partial charge on any atom is 0.432 e. The van der Waals surface area contributed by atoms with Crippen LogP contribution in [0.1, 0.15) is 5.69 Å². The first-order chi connectivity index (χ1) is 8.34. The number of fused-ring (bicyclic) bond motifs is 1. The largest absolute Gasteiger partial charge is 0.497 e. The van der Waals surface area contributed by atoms with E-state index >= 15 is 0 Å². The molecule has 0 fully saturated rings. The van der Waals surface area contributed by atoms with Gasteiger partial charge in [0.2, 0.25) is 0 Å². The second-order valence-corrected chi connectivity index (χ2v) is 4.36. The monoisotopic (exact) mass is 315 g/mol. The average molecular weight is 316 g/mol. The van der Waals surface area contributed by atoms with Gasteiger partial charge < -0.3 is 4.74 Å². The number of rotatable bonds is 1. The molecule has 0 unspecified atom stereocenters. The molecule has 0 aliphatic carbocycles. The summed E-state index contributed by atoms with van der Waals surface area (Å²) in [6.07, 6.45) is -4.58. The maximum absolute atomic E-state index is 12.7. The van der Waals surface area contributed by atoms with Gasteiger partial charge in [0.15, 0.2) is 0 Å². The molecule has 7 heteroatoms. The molecule has 2 aromatic rings. The maximum atomic E-state index is 12.7. The number of ether oxygens (including phenoxy) is 1. The molecule has 92 valence electrons. The van der Waals surface area contributed by atoms with Gasteiger partial charge in [0.25, 0.3) is 0 Å². The average Bonchev–Trinajstić information content (AvgIpc) is 2.32. The zero-order valence-corrected chi connectivity index (χ0v) is 10.8. The van der Waals surface area contributed by atoms with Gasteiger partial charge in [-0.1, -0.05) is 21.4 Å². The summed E-state index contributed by atoms with van der Waals surface area (Å²) in [7, 11) is 6.92. The number of aromatic nitrogens is 1. The number of halogens is 4. The van der Waals surface area contributed by atoms with Crippen LogP contribution in [0, 0.1) is 0 Å². The molecule has 0 N–H and O–H groups in total. The predicted octanol–water partition coefficient (Wildman–Crippen LogP) is 2.82. The van der Waals surface area contributed by atoms with E-state index in [1.165, 1.54) is 19.2 Å². The summed E-state index contributed by atoms with van der Waals surface area (Å²) in [5, 5.41) is 0.472. The Labute approximate surface area is 111 Å². The van der Waals surface area contributed by atoms with E-state index < -0.39 is 17.3 Å². The fourth-order valence-electron chi connectivity index (χ4n) is 1.56. The molecule has 1 aromatic heterocycles. The van der Waals surface area contributed by atoms with Gasteiger partial charge in [-0.05, 0) is 18.2 Å². The molecule has 1 heterocycles. The predicted molar refractivity (Wildman–Crippen MR) is 66.4 cm³/mol. The molecule has 0 saturated carbocycles. The molecule has 2 nitrogen and oxygen atoms in total. The first-order valence-electron chi connectivity index (χ1n) is 4.84. The van der Waals surface area contributed by atoms with Crippen LogP contribution in [0.5, 0.6) is 5.75 Å². The van der Waals surface area contributed by atoms with E-state index in [-0.39, 0.29) is 9.99 Å². The first kappa shape index (κ1) is 13.2. The molecule has 0 aliphatic rings. The molecular formula is C11H6BBrF3NO. The number of alkyl halides is 3. The van der Waals surface area contributed by atoms with Crippen molar-refractivity contribution in [3.63, 3.8) is 0 Å². The van der Waals surface area contributed by atoms with Crippen LogP contribution < -0.4 is 10.2 Å². The fourth-order valence-corrected chi connectivity index (χ4v) is 2.07. The van der Waals surface area contributed by atoms with Crippen LogP contribution in [-0.2, 0) is 6.18 Å². The molecule has 2 rings (SSSR count). The van der Waals surface area contributed by atoms with Crippen LogP contribution in [0.25, 0.3) is 10.9 Å². The molecule has 18 heavy (non-hydrogen) atoms. The zero-order chi connectivity index (χ0) is 13.5. The van der Waals surface area contributed by atoms with E-state index in [2.05, 4.69) is 20.9 Å². The molecule has 0 aliphatic heterocycles. The van der Waals surface area contributed by atoms with Crippen molar-refractivity contribution in [1.82, 2.24) is 4.98 Å². The first-order valence-corrected chi connectivity index (χ1v) is 5.64. The van der Waals surface area contributed by atoms with E-state index in [1.807, 2.05) is 0 Å². The van der Waals surface area contributed by atoms with Crippen molar-refractivity contribution in [2.24, 2.45) is 0 Å². The van der Waals surface area contributed by atoms with E-state index in [1.54, 1.807) is 6.07 Å². The Bertz CT molecular complexity index is 615. The van der Waals surface area contributed by atoms with E-state index in [0.29, 0.717) is 11.1 Å². The minimum absolute atomic E-state index is 0.165. The van der Waals surface area contributed by atoms with Crippen molar-refractivity contribution in [2.45, 2.75) is 6.18 Å². The van der Waals surface area contributed by atoms with Gasteiger partial charge in [-0.3, -0.25) is 0 Å². The van der Waals surface area contributed by atoms with Crippen molar-refractivity contribution >= 4 is 40.1 Å². The minimum Gasteiger partial charge on any atom is -0.497 e. The number of hydrogen-bond acceptors (Lipinski definition) is 2. The second-order valence-electron chi connectivity index (χ2n) is 3.57. The third kappa shape index (κ3) is 2.19. The number of hydrogen-bond donors (Lipinski definition) is 0. The zero-order valence-electron chi connectivity index (χ0n) is 9.18.